The molecule has 1 saturated heterocycles. The molecule has 1 aliphatic heterocycles. The summed E-state index contributed by atoms with van der Waals surface area (Å²) in [4.78, 5) is 16.6. The van der Waals surface area contributed by atoms with E-state index in [0.717, 1.165) is 30.0 Å². The summed E-state index contributed by atoms with van der Waals surface area (Å²) < 4.78 is 44.6. The highest BCUT2D eigenvalue weighted by Gasteiger charge is 2.31. The number of benzene rings is 2. The van der Waals surface area contributed by atoms with Gasteiger partial charge < -0.3 is 9.73 Å². The highest BCUT2D eigenvalue weighted by atomic mass is 35.5. The molecule has 0 radical (unpaired) electrons. The molecule has 4 nitrogen and oxygen atoms in total. The summed E-state index contributed by atoms with van der Waals surface area (Å²) >= 11 is 18.9. The Morgan fingerprint density at radius 2 is 1.72 bits per heavy atom. The number of furan rings is 1. The van der Waals surface area contributed by atoms with Crippen molar-refractivity contribution in [1.29, 1.82) is 0 Å². The van der Waals surface area contributed by atoms with E-state index in [4.69, 9.17) is 39.2 Å². The molecule has 2 aromatic carbocycles. The van der Waals surface area contributed by atoms with E-state index in [1.54, 1.807) is 30.3 Å². The number of nitrogens with zero attached hydrogens (tertiary/aromatic N) is 1. The summed E-state index contributed by atoms with van der Waals surface area (Å²) in [5.74, 6) is 0.440. The van der Waals surface area contributed by atoms with E-state index in [0.29, 0.717) is 27.1 Å². The van der Waals surface area contributed by atoms with Crippen LogP contribution in [0, 0.1) is 0 Å². The monoisotopic (exact) mass is 516 g/mol. The van der Waals surface area contributed by atoms with E-state index in [-0.39, 0.29) is 20.8 Å². The van der Waals surface area contributed by atoms with Gasteiger partial charge in [-0.3, -0.25) is 4.79 Å². The summed E-state index contributed by atoms with van der Waals surface area (Å²) in [5.41, 5.74) is -0.295. The zero-order valence-corrected chi connectivity index (χ0v) is 18.7. The molecule has 1 aromatic heterocycles. The summed E-state index contributed by atoms with van der Waals surface area (Å²) in [5, 5.41) is 3.41. The van der Waals surface area contributed by atoms with Crippen LogP contribution in [-0.2, 0) is 11.0 Å². The molecule has 1 N–H and O–H groups in total. The van der Waals surface area contributed by atoms with Crippen molar-refractivity contribution in [3.63, 3.8) is 0 Å². The maximum Gasteiger partial charge on any atom is 0.416 e. The average Bonchev–Trinajstić information content (AvgIpc) is 3.32. The molecule has 4 rings (SSSR count). The molecule has 0 aliphatic carbocycles. The minimum Gasteiger partial charge on any atom is -0.457 e. The molecular weight excluding hydrogens is 508 g/mol. The third-order valence-electron chi connectivity index (χ3n) is 4.25. The molecule has 164 valence electrons. The molecule has 1 fully saturated rings. The SMILES string of the molecule is O=C1NC(=Nc2cc(C(F)(F)F)ccc2Cl)S/C1=C/c1ccc(-c2ccc(Cl)c(Cl)c2)o1. The number of amidine groups is 1. The Morgan fingerprint density at radius 3 is 2.44 bits per heavy atom. The van der Waals surface area contributed by atoms with Crippen LogP contribution in [0.3, 0.4) is 0 Å². The lowest BCUT2D eigenvalue weighted by Gasteiger charge is -2.08. The Kier molecular flexibility index (Phi) is 6.31. The number of halogens is 6. The Balaban J connectivity index is 1.57. The Morgan fingerprint density at radius 1 is 0.969 bits per heavy atom. The van der Waals surface area contributed by atoms with Gasteiger partial charge in [-0.1, -0.05) is 34.8 Å². The van der Waals surface area contributed by atoms with E-state index >= 15 is 0 Å². The van der Waals surface area contributed by atoms with Crippen molar-refractivity contribution >= 4 is 69.4 Å². The normalized spacial score (nSPS) is 16.8. The number of rotatable bonds is 3. The van der Waals surface area contributed by atoms with Crippen molar-refractivity contribution in [3.05, 3.63) is 79.8 Å². The van der Waals surface area contributed by atoms with Crippen LogP contribution in [0.2, 0.25) is 15.1 Å². The predicted octanol–water partition coefficient (Wildman–Crippen LogP) is 7.82. The van der Waals surface area contributed by atoms with E-state index in [9.17, 15) is 18.0 Å². The second-order valence-corrected chi connectivity index (χ2v) is 8.73. The largest absolute Gasteiger partial charge is 0.457 e. The van der Waals surface area contributed by atoms with E-state index in [1.165, 1.54) is 6.08 Å². The second kappa shape index (κ2) is 8.86. The first kappa shape index (κ1) is 22.8. The van der Waals surface area contributed by atoms with Crippen molar-refractivity contribution in [1.82, 2.24) is 5.32 Å². The molecule has 11 heteroatoms. The minimum atomic E-state index is -4.54. The third kappa shape index (κ3) is 4.99. The van der Waals surface area contributed by atoms with Gasteiger partial charge in [-0.15, -0.1) is 0 Å². The zero-order chi connectivity index (χ0) is 23.0. The lowest BCUT2D eigenvalue weighted by molar-refractivity contribution is -0.137. The number of nitrogens with one attached hydrogen (secondary N) is 1. The van der Waals surface area contributed by atoms with Gasteiger partial charge in [-0.2, -0.15) is 13.2 Å². The molecule has 1 amide bonds. The predicted molar refractivity (Wildman–Crippen MR) is 121 cm³/mol. The molecule has 0 spiro atoms. The number of hydrogen-bond acceptors (Lipinski definition) is 4. The highest BCUT2D eigenvalue weighted by molar-refractivity contribution is 8.18. The van der Waals surface area contributed by atoms with Gasteiger partial charge in [-0.05, 0) is 60.3 Å². The van der Waals surface area contributed by atoms with Gasteiger partial charge >= 0.3 is 6.18 Å². The molecule has 0 bridgehead atoms. The van der Waals surface area contributed by atoms with Crippen LogP contribution in [0.25, 0.3) is 17.4 Å². The van der Waals surface area contributed by atoms with Crippen molar-refractivity contribution in [2.45, 2.75) is 6.18 Å². The summed E-state index contributed by atoms with van der Waals surface area (Å²) in [6.45, 7) is 0. The minimum absolute atomic E-state index is 0.0232. The van der Waals surface area contributed by atoms with Crippen LogP contribution < -0.4 is 5.32 Å². The first-order chi connectivity index (χ1) is 15.1. The fourth-order valence-corrected chi connectivity index (χ4v) is 4.00. The van der Waals surface area contributed by atoms with Crippen LogP contribution >= 0.6 is 46.6 Å². The van der Waals surface area contributed by atoms with Gasteiger partial charge in [0.15, 0.2) is 5.17 Å². The maximum absolute atomic E-state index is 12.9. The van der Waals surface area contributed by atoms with Gasteiger partial charge in [0.05, 0.1) is 31.2 Å². The van der Waals surface area contributed by atoms with Crippen molar-refractivity contribution < 1.29 is 22.4 Å². The van der Waals surface area contributed by atoms with Crippen LogP contribution in [-0.4, -0.2) is 11.1 Å². The number of hydrogen-bond donors (Lipinski definition) is 1. The van der Waals surface area contributed by atoms with Gasteiger partial charge in [0, 0.05) is 11.6 Å². The number of amides is 1. The zero-order valence-electron chi connectivity index (χ0n) is 15.6. The molecule has 32 heavy (non-hydrogen) atoms. The average molecular weight is 518 g/mol. The molecule has 0 atom stereocenters. The van der Waals surface area contributed by atoms with Crippen LogP contribution in [0.1, 0.15) is 11.3 Å². The lowest BCUT2D eigenvalue weighted by Crippen LogP contribution is -2.19. The molecule has 3 aromatic rings. The lowest BCUT2D eigenvalue weighted by atomic mass is 10.2. The van der Waals surface area contributed by atoms with Crippen molar-refractivity contribution in [3.8, 4) is 11.3 Å². The fourth-order valence-electron chi connectivity index (χ4n) is 2.73. The van der Waals surface area contributed by atoms with Gasteiger partial charge in [-0.25, -0.2) is 4.99 Å². The summed E-state index contributed by atoms with van der Waals surface area (Å²) in [7, 11) is 0. The van der Waals surface area contributed by atoms with E-state index < -0.39 is 17.6 Å². The Bertz CT molecular complexity index is 1290. The fraction of sp³-hybridized carbons (Fsp3) is 0.0476. The smallest absolute Gasteiger partial charge is 0.416 e. The highest BCUT2D eigenvalue weighted by Crippen LogP contribution is 2.37. The number of carbonyl (C=O) groups excluding carboxylic acids is 1. The van der Waals surface area contributed by atoms with E-state index in [2.05, 4.69) is 10.3 Å². The molecule has 1 aliphatic rings. The second-order valence-electron chi connectivity index (χ2n) is 6.48. The van der Waals surface area contributed by atoms with Crippen LogP contribution in [0.4, 0.5) is 18.9 Å². The number of aliphatic imine (C=N–C) groups is 1. The van der Waals surface area contributed by atoms with Crippen LogP contribution in [0.15, 0.2) is 62.8 Å². The topological polar surface area (TPSA) is 54.6 Å². The summed E-state index contributed by atoms with van der Waals surface area (Å²) in [6.07, 6.45) is -3.04. The molecule has 2 heterocycles. The first-order valence-corrected chi connectivity index (χ1v) is 10.8. The standard InChI is InChI=1S/C21H10Cl3F3N2O2S/c22-13-4-1-10(7-15(13)24)17-6-3-12(31-17)9-18-19(30)29-20(32-18)28-16-8-11(21(25,26)27)2-5-14(16)23/h1-9H,(H,28,29,30)/b18-9+. The van der Waals surface area contributed by atoms with Gasteiger partial charge in [0.25, 0.3) is 5.91 Å². The van der Waals surface area contributed by atoms with Crippen molar-refractivity contribution in [2.75, 3.05) is 0 Å². The molecule has 0 saturated carbocycles. The third-order valence-corrected chi connectivity index (χ3v) is 6.22. The molecule has 0 unspecified atom stereocenters. The Hall–Kier alpha value is -2.39. The van der Waals surface area contributed by atoms with Gasteiger partial charge in [0.1, 0.15) is 11.5 Å². The quantitative estimate of drug-likeness (QED) is 0.360. The first-order valence-electron chi connectivity index (χ1n) is 8.82. The van der Waals surface area contributed by atoms with Gasteiger partial charge in [0.2, 0.25) is 0 Å². The van der Waals surface area contributed by atoms with Crippen molar-refractivity contribution in [2.24, 2.45) is 4.99 Å². The van der Waals surface area contributed by atoms with Crippen LogP contribution in [0.5, 0.6) is 0 Å². The Labute approximate surface area is 199 Å². The maximum atomic E-state index is 12.9. The number of carbonyl (C=O) groups is 1. The number of alkyl halides is 3. The molecular formula is C21H10Cl3F3N2O2S. The summed E-state index contributed by atoms with van der Waals surface area (Å²) in [6, 6.07) is 11.2. The van der Waals surface area contributed by atoms with E-state index in [1.807, 2.05) is 0 Å². The number of thioether (sulfide) groups is 1.